The molecule has 0 aromatic rings. The quantitative estimate of drug-likeness (QED) is 0.578. The maximum absolute atomic E-state index is 8.63. The van der Waals surface area contributed by atoms with E-state index in [1.54, 1.807) is 0 Å². The van der Waals surface area contributed by atoms with E-state index in [2.05, 4.69) is 18.7 Å². The van der Waals surface area contributed by atoms with Crippen molar-refractivity contribution in [2.45, 2.75) is 20.3 Å². The van der Waals surface area contributed by atoms with E-state index in [1.807, 2.05) is 7.05 Å². The van der Waals surface area contributed by atoms with Crippen molar-refractivity contribution in [1.82, 2.24) is 4.90 Å². The Hall–Kier alpha value is -0.120. The van der Waals surface area contributed by atoms with Crippen LogP contribution in [0.2, 0.25) is 0 Å². The van der Waals surface area contributed by atoms with Gasteiger partial charge in [-0.3, -0.25) is 0 Å². The first kappa shape index (κ1) is 12.9. The summed E-state index contributed by atoms with van der Waals surface area (Å²) in [5, 5.41) is 8.63. The smallest absolute Gasteiger partial charge is 0.0593 e. The molecule has 0 aliphatic heterocycles. The molecule has 80 valence electrons. The van der Waals surface area contributed by atoms with Gasteiger partial charge in [0.15, 0.2) is 0 Å². The van der Waals surface area contributed by atoms with Crippen LogP contribution in [0.5, 0.6) is 0 Å². The molecule has 0 unspecified atom stereocenters. The minimum absolute atomic E-state index is 0.225. The van der Waals surface area contributed by atoms with Crippen molar-refractivity contribution in [2.75, 3.05) is 40.0 Å². The van der Waals surface area contributed by atoms with Crippen molar-refractivity contribution >= 4 is 0 Å². The molecule has 0 heterocycles. The van der Waals surface area contributed by atoms with Gasteiger partial charge in [-0.2, -0.15) is 0 Å². The molecule has 0 bridgehead atoms. The second-order valence-electron chi connectivity index (χ2n) is 3.82. The van der Waals surface area contributed by atoms with Crippen molar-refractivity contribution in [2.24, 2.45) is 5.92 Å². The first-order chi connectivity index (χ1) is 6.16. The first-order valence-corrected chi connectivity index (χ1v) is 5.04. The van der Waals surface area contributed by atoms with Crippen LogP contribution < -0.4 is 0 Å². The Bertz CT molecular complexity index is 107. The third-order valence-electron chi connectivity index (χ3n) is 1.94. The molecule has 0 aliphatic carbocycles. The van der Waals surface area contributed by atoms with E-state index in [0.717, 1.165) is 38.6 Å². The van der Waals surface area contributed by atoms with Gasteiger partial charge in [-0.05, 0) is 19.4 Å². The van der Waals surface area contributed by atoms with Crippen LogP contribution in [0.4, 0.5) is 0 Å². The molecular weight excluding hydrogens is 166 g/mol. The normalized spacial score (nSPS) is 11.5. The Balaban J connectivity index is 3.06. The summed E-state index contributed by atoms with van der Waals surface area (Å²) in [6, 6.07) is 0. The Morgan fingerprint density at radius 3 is 2.46 bits per heavy atom. The molecule has 3 nitrogen and oxygen atoms in total. The van der Waals surface area contributed by atoms with E-state index in [-0.39, 0.29) is 6.61 Å². The van der Waals surface area contributed by atoms with Gasteiger partial charge < -0.3 is 14.7 Å². The van der Waals surface area contributed by atoms with Gasteiger partial charge in [-0.1, -0.05) is 13.8 Å². The lowest BCUT2D eigenvalue weighted by atomic mass is 10.1. The molecule has 13 heavy (non-hydrogen) atoms. The molecule has 0 aliphatic rings. The van der Waals surface area contributed by atoms with Crippen LogP contribution in [-0.2, 0) is 4.74 Å². The van der Waals surface area contributed by atoms with Crippen molar-refractivity contribution in [3.8, 4) is 0 Å². The fraction of sp³-hybridized carbons (Fsp3) is 1.00. The minimum atomic E-state index is 0.225. The number of aliphatic hydroxyl groups is 1. The number of ether oxygens (including phenoxy) is 1. The lowest BCUT2D eigenvalue weighted by molar-refractivity contribution is 0.0977. The standard InChI is InChI=1S/C10H23NO2/c1-10(2)4-8-13-9-6-11(3)5-7-12/h10,12H,4-9H2,1-3H3. The maximum Gasteiger partial charge on any atom is 0.0593 e. The zero-order valence-corrected chi connectivity index (χ0v) is 9.12. The van der Waals surface area contributed by atoms with Gasteiger partial charge in [-0.25, -0.2) is 0 Å². The Morgan fingerprint density at radius 2 is 1.92 bits per heavy atom. The molecule has 0 amide bonds. The van der Waals surface area contributed by atoms with E-state index in [1.165, 1.54) is 0 Å². The highest BCUT2D eigenvalue weighted by Gasteiger charge is 1.97. The number of nitrogens with zero attached hydrogens (tertiary/aromatic N) is 1. The van der Waals surface area contributed by atoms with Gasteiger partial charge in [0.25, 0.3) is 0 Å². The van der Waals surface area contributed by atoms with Crippen LogP contribution in [0.15, 0.2) is 0 Å². The van der Waals surface area contributed by atoms with Gasteiger partial charge in [0.2, 0.25) is 0 Å². The summed E-state index contributed by atoms with van der Waals surface area (Å²) in [4.78, 5) is 2.06. The maximum atomic E-state index is 8.63. The molecule has 0 rings (SSSR count). The monoisotopic (exact) mass is 189 g/mol. The minimum Gasteiger partial charge on any atom is -0.395 e. The van der Waals surface area contributed by atoms with E-state index >= 15 is 0 Å². The number of aliphatic hydroxyl groups excluding tert-OH is 1. The third kappa shape index (κ3) is 9.80. The van der Waals surface area contributed by atoms with Crippen LogP contribution in [0.3, 0.4) is 0 Å². The Morgan fingerprint density at radius 1 is 1.23 bits per heavy atom. The summed E-state index contributed by atoms with van der Waals surface area (Å²) >= 11 is 0. The highest BCUT2D eigenvalue weighted by Crippen LogP contribution is 1.98. The fourth-order valence-corrected chi connectivity index (χ4v) is 0.924. The topological polar surface area (TPSA) is 32.7 Å². The average molecular weight is 189 g/mol. The highest BCUT2D eigenvalue weighted by molar-refractivity contribution is 4.49. The predicted molar refractivity (Wildman–Crippen MR) is 54.9 cm³/mol. The third-order valence-corrected chi connectivity index (χ3v) is 1.94. The van der Waals surface area contributed by atoms with Crippen LogP contribution >= 0.6 is 0 Å². The zero-order chi connectivity index (χ0) is 10.1. The van der Waals surface area contributed by atoms with E-state index in [4.69, 9.17) is 9.84 Å². The molecule has 0 aromatic heterocycles. The Kier molecular flexibility index (Phi) is 8.40. The van der Waals surface area contributed by atoms with E-state index < -0.39 is 0 Å². The van der Waals surface area contributed by atoms with Gasteiger partial charge in [0.1, 0.15) is 0 Å². The molecule has 0 atom stereocenters. The summed E-state index contributed by atoms with van der Waals surface area (Å²) in [5.74, 6) is 0.718. The van der Waals surface area contributed by atoms with Gasteiger partial charge in [0.05, 0.1) is 13.2 Å². The lowest BCUT2D eigenvalue weighted by Gasteiger charge is -2.14. The number of rotatable bonds is 8. The summed E-state index contributed by atoms with van der Waals surface area (Å²) < 4.78 is 5.44. The predicted octanol–water partition coefficient (Wildman–Crippen LogP) is 0.973. The van der Waals surface area contributed by atoms with E-state index in [0.29, 0.717) is 0 Å². The second kappa shape index (κ2) is 8.48. The number of hydrogen-bond acceptors (Lipinski definition) is 3. The molecule has 0 saturated carbocycles. The van der Waals surface area contributed by atoms with Gasteiger partial charge in [0, 0.05) is 19.7 Å². The first-order valence-electron chi connectivity index (χ1n) is 5.04. The van der Waals surface area contributed by atoms with Crippen LogP contribution in [0, 0.1) is 5.92 Å². The van der Waals surface area contributed by atoms with Crippen molar-refractivity contribution in [3.63, 3.8) is 0 Å². The summed E-state index contributed by atoms with van der Waals surface area (Å²) in [5.41, 5.74) is 0. The van der Waals surface area contributed by atoms with Crippen molar-refractivity contribution in [1.29, 1.82) is 0 Å². The molecule has 0 saturated heterocycles. The highest BCUT2D eigenvalue weighted by atomic mass is 16.5. The van der Waals surface area contributed by atoms with Crippen LogP contribution in [0.25, 0.3) is 0 Å². The molecule has 0 radical (unpaired) electrons. The SMILES string of the molecule is CC(C)CCOCCN(C)CCO. The van der Waals surface area contributed by atoms with Gasteiger partial charge >= 0.3 is 0 Å². The van der Waals surface area contributed by atoms with E-state index in [9.17, 15) is 0 Å². The Labute approximate surface area is 81.7 Å². The van der Waals surface area contributed by atoms with Gasteiger partial charge in [-0.15, -0.1) is 0 Å². The number of hydrogen-bond donors (Lipinski definition) is 1. The fourth-order valence-electron chi connectivity index (χ4n) is 0.924. The lowest BCUT2D eigenvalue weighted by Crippen LogP contribution is -2.26. The number of likely N-dealkylation sites (N-methyl/N-ethyl adjacent to an activating group) is 1. The average Bonchev–Trinajstić information content (AvgIpc) is 2.03. The van der Waals surface area contributed by atoms with Crippen LogP contribution in [-0.4, -0.2) is 50.0 Å². The molecule has 0 aromatic carbocycles. The second-order valence-corrected chi connectivity index (χ2v) is 3.82. The molecule has 0 fully saturated rings. The summed E-state index contributed by atoms with van der Waals surface area (Å²) in [6.45, 7) is 7.87. The largest absolute Gasteiger partial charge is 0.395 e. The van der Waals surface area contributed by atoms with Crippen molar-refractivity contribution in [3.05, 3.63) is 0 Å². The molecule has 0 spiro atoms. The van der Waals surface area contributed by atoms with Crippen molar-refractivity contribution < 1.29 is 9.84 Å². The summed E-state index contributed by atoms with van der Waals surface area (Å²) in [6.07, 6.45) is 1.13. The molecule has 3 heteroatoms. The zero-order valence-electron chi connectivity index (χ0n) is 9.12. The molecular formula is C10H23NO2. The molecule has 1 N–H and O–H groups in total. The van der Waals surface area contributed by atoms with Crippen LogP contribution in [0.1, 0.15) is 20.3 Å². The summed E-state index contributed by atoms with van der Waals surface area (Å²) in [7, 11) is 1.99.